The van der Waals surface area contributed by atoms with Gasteiger partial charge < -0.3 is 19.7 Å². The van der Waals surface area contributed by atoms with Gasteiger partial charge in [-0.2, -0.15) is 0 Å². The van der Waals surface area contributed by atoms with E-state index in [0.717, 1.165) is 0 Å². The highest BCUT2D eigenvalue weighted by molar-refractivity contribution is 5.71. The SMILES string of the molecule is CN(CCNC(=O)Oc1ccc([N+](=O)[O-])cc1)C(=O)OC(C)(C)C. The van der Waals surface area contributed by atoms with Gasteiger partial charge in [-0.1, -0.05) is 0 Å². The minimum Gasteiger partial charge on any atom is -0.444 e. The van der Waals surface area contributed by atoms with Gasteiger partial charge in [0.1, 0.15) is 11.4 Å². The van der Waals surface area contributed by atoms with E-state index in [1.165, 1.54) is 29.2 Å². The average Bonchev–Trinajstić information content (AvgIpc) is 2.45. The molecule has 132 valence electrons. The predicted molar refractivity (Wildman–Crippen MR) is 86.0 cm³/mol. The Kier molecular flexibility index (Phi) is 6.51. The van der Waals surface area contributed by atoms with Crippen molar-refractivity contribution in [2.75, 3.05) is 20.1 Å². The first kappa shape index (κ1) is 19.2. The lowest BCUT2D eigenvalue weighted by atomic mass is 10.2. The standard InChI is InChI=1S/C15H21N3O6/c1-15(2,3)24-14(20)17(4)10-9-16-13(19)23-12-7-5-11(6-8-12)18(21)22/h5-8H,9-10H2,1-4H3,(H,16,19). The van der Waals surface area contributed by atoms with Gasteiger partial charge in [-0.05, 0) is 32.9 Å². The largest absolute Gasteiger partial charge is 0.444 e. The van der Waals surface area contributed by atoms with E-state index < -0.39 is 22.7 Å². The number of benzene rings is 1. The number of nitro groups is 1. The van der Waals surface area contributed by atoms with Crippen LogP contribution in [-0.4, -0.2) is 47.7 Å². The number of amides is 2. The molecule has 1 aromatic rings. The van der Waals surface area contributed by atoms with Crippen molar-refractivity contribution >= 4 is 17.9 Å². The van der Waals surface area contributed by atoms with Crippen LogP contribution in [0.15, 0.2) is 24.3 Å². The molecule has 1 N–H and O–H groups in total. The highest BCUT2D eigenvalue weighted by Gasteiger charge is 2.19. The molecule has 9 heteroatoms. The van der Waals surface area contributed by atoms with Crippen LogP contribution in [0.5, 0.6) is 5.75 Å². The summed E-state index contributed by atoms with van der Waals surface area (Å²) in [6, 6.07) is 5.12. The molecule has 9 nitrogen and oxygen atoms in total. The number of hydrogen-bond acceptors (Lipinski definition) is 6. The van der Waals surface area contributed by atoms with Crippen molar-refractivity contribution in [1.82, 2.24) is 10.2 Å². The fraction of sp³-hybridized carbons (Fsp3) is 0.467. The number of hydrogen-bond donors (Lipinski definition) is 1. The smallest absolute Gasteiger partial charge is 0.412 e. The van der Waals surface area contributed by atoms with Crippen LogP contribution in [0.1, 0.15) is 20.8 Å². The van der Waals surface area contributed by atoms with Crippen LogP contribution < -0.4 is 10.1 Å². The molecule has 0 bridgehead atoms. The summed E-state index contributed by atoms with van der Waals surface area (Å²) in [6.45, 7) is 5.70. The lowest BCUT2D eigenvalue weighted by molar-refractivity contribution is -0.384. The molecule has 1 aromatic carbocycles. The third kappa shape index (κ3) is 6.95. The molecule has 0 radical (unpaired) electrons. The molecule has 2 amide bonds. The van der Waals surface area contributed by atoms with Gasteiger partial charge in [0.2, 0.25) is 0 Å². The zero-order valence-electron chi connectivity index (χ0n) is 14.1. The monoisotopic (exact) mass is 339 g/mol. The zero-order chi connectivity index (χ0) is 18.3. The van der Waals surface area contributed by atoms with E-state index in [1.807, 2.05) is 0 Å². The van der Waals surface area contributed by atoms with Crippen LogP contribution in [0.4, 0.5) is 15.3 Å². The van der Waals surface area contributed by atoms with E-state index in [0.29, 0.717) is 0 Å². The molecule has 0 saturated heterocycles. The van der Waals surface area contributed by atoms with Crippen molar-refractivity contribution in [2.45, 2.75) is 26.4 Å². The number of carbonyl (C=O) groups is 2. The Morgan fingerprint density at radius 3 is 2.33 bits per heavy atom. The molecule has 0 heterocycles. The van der Waals surface area contributed by atoms with Gasteiger partial charge in [0.05, 0.1) is 4.92 Å². The van der Waals surface area contributed by atoms with Crippen molar-refractivity contribution in [1.29, 1.82) is 0 Å². The number of carbonyl (C=O) groups excluding carboxylic acids is 2. The van der Waals surface area contributed by atoms with Gasteiger partial charge in [-0.25, -0.2) is 9.59 Å². The van der Waals surface area contributed by atoms with Gasteiger partial charge in [0.25, 0.3) is 5.69 Å². The highest BCUT2D eigenvalue weighted by Crippen LogP contribution is 2.17. The van der Waals surface area contributed by atoms with E-state index in [4.69, 9.17) is 9.47 Å². The number of rotatable bonds is 5. The molecule has 0 atom stereocenters. The topological polar surface area (TPSA) is 111 Å². The van der Waals surface area contributed by atoms with Crippen LogP contribution in [0.3, 0.4) is 0 Å². The minimum absolute atomic E-state index is 0.0956. The third-order valence-electron chi connectivity index (χ3n) is 2.68. The first-order valence-electron chi connectivity index (χ1n) is 7.23. The molecule has 0 aromatic heterocycles. The Bertz CT molecular complexity index is 594. The number of ether oxygens (including phenoxy) is 2. The molecule has 0 aliphatic carbocycles. The number of non-ortho nitro benzene ring substituents is 1. The summed E-state index contributed by atoms with van der Waals surface area (Å²) in [7, 11) is 1.55. The first-order valence-corrected chi connectivity index (χ1v) is 7.23. The summed E-state index contributed by atoms with van der Waals surface area (Å²) in [5, 5.41) is 13.0. The number of likely N-dealkylation sites (N-methyl/N-ethyl adjacent to an activating group) is 1. The Morgan fingerprint density at radius 1 is 1.25 bits per heavy atom. The van der Waals surface area contributed by atoms with Gasteiger partial charge in [-0.3, -0.25) is 10.1 Å². The maximum absolute atomic E-state index is 11.7. The normalized spacial score (nSPS) is 10.7. The third-order valence-corrected chi connectivity index (χ3v) is 2.68. The van der Waals surface area contributed by atoms with Crippen LogP contribution in [0.2, 0.25) is 0 Å². The Balaban J connectivity index is 2.36. The molecule has 1 rings (SSSR count). The Labute approximate surface area is 139 Å². The van der Waals surface area contributed by atoms with Crippen molar-refractivity contribution in [2.24, 2.45) is 0 Å². The molecular formula is C15H21N3O6. The van der Waals surface area contributed by atoms with E-state index in [-0.39, 0.29) is 24.5 Å². The lowest BCUT2D eigenvalue weighted by Gasteiger charge is -2.24. The Hall–Kier alpha value is -2.84. The fourth-order valence-electron chi connectivity index (χ4n) is 1.54. The zero-order valence-corrected chi connectivity index (χ0v) is 14.1. The average molecular weight is 339 g/mol. The van der Waals surface area contributed by atoms with Gasteiger partial charge >= 0.3 is 12.2 Å². The second kappa shape index (κ2) is 8.14. The van der Waals surface area contributed by atoms with Crippen molar-refractivity contribution in [3.05, 3.63) is 34.4 Å². The second-order valence-electron chi connectivity index (χ2n) is 5.97. The Morgan fingerprint density at radius 2 is 1.83 bits per heavy atom. The maximum atomic E-state index is 11.7. The highest BCUT2D eigenvalue weighted by atomic mass is 16.6. The maximum Gasteiger partial charge on any atom is 0.412 e. The second-order valence-corrected chi connectivity index (χ2v) is 5.97. The van der Waals surface area contributed by atoms with E-state index in [9.17, 15) is 19.7 Å². The lowest BCUT2D eigenvalue weighted by Crippen LogP contribution is -2.39. The molecule has 0 aliphatic heterocycles. The quantitative estimate of drug-likeness (QED) is 0.652. The number of nitrogens with one attached hydrogen (secondary N) is 1. The number of nitro benzene ring substituents is 1. The minimum atomic E-state index is -0.721. The van der Waals surface area contributed by atoms with Gasteiger partial charge in [-0.15, -0.1) is 0 Å². The molecule has 0 fully saturated rings. The van der Waals surface area contributed by atoms with Crippen molar-refractivity contribution in [3.63, 3.8) is 0 Å². The van der Waals surface area contributed by atoms with E-state index >= 15 is 0 Å². The van der Waals surface area contributed by atoms with E-state index in [1.54, 1.807) is 27.8 Å². The van der Waals surface area contributed by atoms with Gasteiger partial charge in [0, 0.05) is 32.3 Å². The van der Waals surface area contributed by atoms with Crippen molar-refractivity contribution in [3.8, 4) is 5.75 Å². The first-order chi connectivity index (χ1) is 11.1. The summed E-state index contributed by atoms with van der Waals surface area (Å²) >= 11 is 0. The molecule has 0 unspecified atom stereocenters. The van der Waals surface area contributed by atoms with Crippen LogP contribution >= 0.6 is 0 Å². The molecule has 0 spiro atoms. The molecule has 24 heavy (non-hydrogen) atoms. The predicted octanol–water partition coefficient (Wildman–Crippen LogP) is 2.55. The molecule has 0 saturated carbocycles. The summed E-state index contributed by atoms with van der Waals surface area (Å²) in [5.41, 5.74) is -0.685. The summed E-state index contributed by atoms with van der Waals surface area (Å²) in [5.74, 6) is 0.179. The number of nitrogens with zero attached hydrogens (tertiary/aromatic N) is 2. The van der Waals surface area contributed by atoms with Gasteiger partial charge in [0.15, 0.2) is 0 Å². The summed E-state index contributed by atoms with van der Waals surface area (Å²) in [6.07, 6.45) is -1.21. The molecular weight excluding hydrogens is 318 g/mol. The van der Waals surface area contributed by atoms with Crippen LogP contribution in [-0.2, 0) is 4.74 Å². The fourth-order valence-corrected chi connectivity index (χ4v) is 1.54. The van der Waals surface area contributed by atoms with E-state index in [2.05, 4.69) is 5.32 Å². The summed E-state index contributed by atoms with van der Waals surface area (Å²) < 4.78 is 10.1. The van der Waals surface area contributed by atoms with Crippen LogP contribution in [0, 0.1) is 10.1 Å². The summed E-state index contributed by atoms with van der Waals surface area (Å²) in [4.78, 5) is 34.6. The van der Waals surface area contributed by atoms with Crippen molar-refractivity contribution < 1.29 is 24.0 Å². The van der Waals surface area contributed by atoms with Crippen LogP contribution in [0.25, 0.3) is 0 Å². The molecule has 0 aliphatic rings.